The van der Waals surface area contributed by atoms with E-state index < -0.39 is 46.5 Å². The van der Waals surface area contributed by atoms with Gasteiger partial charge in [0.2, 0.25) is 0 Å². The summed E-state index contributed by atoms with van der Waals surface area (Å²) in [6, 6.07) is 0. The molecule has 0 aliphatic heterocycles. The van der Waals surface area contributed by atoms with Crippen molar-refractivity contribution in [2.75, 3.05) is 6.61 Å². The maximum absolute atomic E-state index is 17.0. The highest BCUT2D eigenvalue weighted by Crippen LogP contribution is 2.70. The third-order valence-electron chi connectivity index (χ3n) is 9.11. The molecule has 8 atom stereocenters. The lowest BCUT2D eigenvalue weighted by Crippen LogP contribution is -2.69. The Balaban J connectivity index is 1.80. The second-order valence-corrected chi connectivity index (χ2v) is 10.1. The Morgan fingerprint density at radius 1 is 1.25 bits per heavy atom. The topological polar surface area (TPSA) is 94.8 Å². The predicted molar refractivity (Wildman–Crippen MR) is 100 cm³/mol. The minimum atomic E-state index is -1.90. The van der Waals surface area contributed by atoms with E-state index in [-0.39, 0.29) is 30.5 Å². The van der Waals surface area contributed by atoms with Crippen molar-refractivity contribution in [1.82, 2.24) is 0 Å². The number of carbonyl (C=O) groups excluding carboxylic acids is 2. The SMILES string of the molecule is C[C@@H]1CC2(C)C(=CC1=O)CCC1C3CC[C@](O)(C(=O)CO)C3(C)CC(O)[C@@]12F. The molecule has 4 rings (SSSR count). The van der Waals surface area contributed by atoms with Gasteiger partial charge in [-0.25, -0.2) is 4.39 Å². The van der Waals surface area contributed by atoms with Crippen LogP contribution >= 0.6 is 0 Å². The first-order valence-corrected chi connectivity index (χ1v) is 10.4. The van der Waals surface area contributed by atoms with Gasteiger partial charge < -0.3 is 15.3 Å². The second kappa shape index (κ2) is 5.96. The van der Waals surface area contributed by atoms with E-state index in [1.165, 1.54) is 0 Å². The van der Waals surface area contributed by atoms with Crippen LogP contribution in [0.2, 0.25) is 0 Å². The van der Waals surface area contributed by atoms with Gasteiger partial charge in [-0.3, -0.25) is 9.59 Å². The summed E-state index contributed by atoms with van der Waals surface area (Å²) in [5.41, 5.74) is -4.74. The molecule has 0 amide bonds. The lowest BCUT2D eigenvalue weighted by Gasteiger charge is -2.63. The maximum atomic E-state index is 17.0. The van der Waals surface area contributed by atoms with Crippen molar-refractivity contribution in [2.24, 2.45) is 28.6 Å². The van der Waals surface area contributed by atoms with Gasteiger partial charge in [-0.05, 0) is 50.5 Å². The average Bonchev–Trinajstić information content (AvgIpc) is 2.89. The summed E-state index contributed by atoms with van der Waals surface area (Å²) in [7, 11) is 0. The Morgan fingerprint density at radius 3 is 2.57 bits per heavy atom. The van der Waals surface area contributed by atoms with Crippen molar-refractivity contribution < 1.29 is 29.3 Å². The van der Waals surface area contributed by atoms with Crippen LogP contribution < -0.4 is 0 Å². The zero-order valence-electron chi connectivity index (χ0n) is 16.9. The summed E-state index contributed by atoms with van der Waals surface area (Å²) in [6.45, 7) is 4.65. The van der Waals surface area contributed by atoms with Crippen LogP contribution in [0.4, 0.5) is 4.39 Å². The molecule has 3 saturated carbocycles. The summed E-state index contributed by atoms with van der Waals surface area (Å²) in [5, 5.41) is 31.7. The van der Waals surface area contributed by atoms with Crippen LogP contribution in [0.1, 0.15) is 59.3 Å². The summed E-state index contributed by atoms with van der Waals surface area (Å²) in [4.78, 5) is 24.6. The molecule has 3 N–H and O–H groups in total. The Morgan fingerprint density at radius 2 is 1.93 bits per heavy atom. The smallest absolute Gasteiger partial charge is 0.190 e. The number of hydrogen-bond donors (Lipinski definition) is 3. The van der Waals surface area contributed by atoms with Crippen molar-refractivity contribution >= 4 is 11.6 Å². The Labute approximate surface area is 165 Å². The first-order valence-electron chi connectivity index (χ1n) is 10.4. The summed E-state index contributed by atoms with van der Waals surface area (Å²) in [5.74, 6) is -1.67. The molecule has 5 nitrogen and oxygen atoms in total. The molecule has 0 radical (unpaired) electrons. The van der Waals surface area contributed by atoms with E-state index >= 15 is 4.39 Å². The summed E-state index contributed by atoms with van der Waals surface area (Å²) < 4.78 is 17.0. The van der Waals surface area contributed by atoms with Gasteiger partial charge in [-0.15, -0.1) is 0 Å². The minimum Gasteiger partial charge on any atom is -0.390 e. The highest BCUT2D eigenvalue weighted by atomic mass is 19.1. The number of halogens is 1. The largest absolute Gasteiger partial charge is 0.390 e. The third-order valence-corrected chi connectivity index (χ3v) is 9.11. The van der Waals surface area contributed by atoms with Crippen LogP contribution in [0.3, 0.4) is 0 Å². The van der Waals surface area contributed by atoms with Crippen LogP contribution in [-0.2, 0) is 9.59 Å². The molecule has 3 fully saturated rings. The number of rotatable bonds is 2. The molecule has 0 saturated heterocycles. The molecule has 0 bridgehead atoms. The van der Waals surface area contributed by atoms with Crippen molar-refractivity contribution in [1.29, 1.82) is 0 Å². The molecule has 28 heavy (non-hydrogen) atoms. The number of allylic oxidation sites excluding steroid dienone is 1. The number of fused-ring (bicyclic) bond motifs is 5. The second-order valence-electron chi connectivity index (χ2n) is 10.1. The zero-order chi connectivity index (χ0) is 20.7. The van der Waals surface area contributed by atoms with Crippen molar-refractivity contribution in [3.05, 3.63) is 11.6 Å². The molecule has 4 aliphatic rings. The van der Waals surface area contributed by atoms with Gasteiger partial charge in [-0.1, -0.05) is 26.3 Å². The molecule has 6 heteroatoms. The number of aliphatic hydroxyl groups excluding tert-OH is 2. The van der Waals surface area contributed by atoms with Crippen LogP contribution in [0.5, 0.6) is 0 Å². The van der Waals surface area contributed by atoms with E-state index in [1.54, 1.807) is 19.9 Å². The fourth-order valence-corrected chi connectivity index (χ4v) is 7.49. The predicted octanol–water partition coefficient (Wildman–Crippen LogP) is 2.12. The Bertz CT molecular complexity index is 764. The van der Waals surface area contributed by atoms with Gasteiger partial charge in [-0.2, -0.15) is 0 Å². The molecule has 4 aliphatic carbocycles. The van der Waals surface area contributed by atoms with Gasteiger partial charge in [0.15, 0.2) is 11.6 Å². The summed E-state index contributed by atoms with van der Waals surface area (Å²) in [6.07, 6.45) is 2.34. The van der Waals surface area contributed by atoms with Gasteiger partial charge in [0.1, 0.15) is 17.9 Å². The first kappa shape index (κ1) is 20.2. The van der Waals surface area contributed by atoms with Gasteiger partial charge in [0, 0.05) is 22.7 Å². The molecule has 0 spiro atoms. The van der Waals surface area contributed by atoms with E-state index in [2.05, 4.69) is 0 Å². The standard InChI is InChI=1S/C22H31FO5/c1-12-9-19(2)13(8-16(12)25)4-5-15-14-6-7-21(28,18(27)11-24)20(14,3)10-17(26)22(15,19)23/h8,12,14-15,17,24,26,28H,4-7,9-11H2,1-3H3/t12-,14?,15?,17?,19?,20?,21+,22+/m1/s1. The molecule has 0 aromatic carbocycles. The molecule has 0 aromatic heterocycles. The highest BCUT2D eigenvalue weighted by Gasteiger charge is 2.74. The monoisotopic (exact) mass is 394 g/mol. The Kier molecular flexibility index (Phi) is 4.29. The quantitative estimate of drug-likeness (QED) is 0.667. The fraction of sp³-hybridized carbons (Fsp3) is 0.818. The van der Waals surface area contributed by atoms with Gasteiger partial charge >= 0.3 is 0 Å². The highest BCUT2D eigenvalue weighted by molar-refractivity contribution is 5.93. The molecule has 0 aromatic rings. The minimum absolute atomic E-state index is 0.0217. The number of Topliss-reactive ketones (excluding diaryl/α,β-unsaturated/α-hetero) is 1. The van der Waals surface area contributed by atoms with Crippen molar-refractivity contribution in [2.45, 2.75) is 76.7 Å². The lowest BCUT2D eigenvalue weighted by molar-refractivity contribution is -0.228. The fourth-order valence-electron chi connectivity index (χ4n) is 7.49. The number of aliphatic hydroxyl groups is 3. The molecule has 156 valence electrons. The lowest BCUT2D eigenvalue weighted by atomic mass is 9.43. The molecule has 5 unspecified atom stereocenters. The maximum Gasteiger partial charge on any atom is 0.190 e. The van der Waals surface area contributed by atoms with E-state index in [1.807, 2.05) is 6.92 Å². The Hall–Kier alpha value is -1.11. The van der Waals surface area contributed by atoms with Crippen molar-refractivity contribution in [3.8, 4) is 0 Å². The normalized spacial score (nSPS) is 53.1. The van der Waals surface area contributed by atoms with Crippen molar-refractivity contribution in [3.63, 3.8) is 0 Å². The van der Waals surface area contributed by atoms with Gasteiger partial charge in [0.05, 0.1) is 6.10 Å². The third kappa shape index (κ3) is 2.12. The number of ketones is 2. The van der Waals surface area contributed by atoms with Crippen LogP contribution in [0.25, 0.3) is 0 Å². The zero-order valence-corrected chi connectivity index (χ0v) is 16.9. The van der Waals surface area contributed by atoms with E-state index in [0.717, 1.165) is 5.57 Å². The van der Waals surface area contributed by atoms with Gasteiger partial charge in [0.25, 0.3) is 0 Å². The molecular weight excluding hydrogens is 363 g/mol. The molecule has 0 heterocycles. The van der Waals surface area contributed by atoms with Crippen LogP contribution in [-0.4, -0.2) is 50.9 Å². The number of carbonyl (C=O) groups is 2. The first-order chi connectivity index (χ1) is 13.0. The van der Waals surface area contributed by atoms with E-state index in [9.17, 15) is 24.9 Å². The summed E-state index contributed by atoms with van der Waals surface area (Å²) >= 11 is 0. The molecular formula is C22H31FO5. The van der Waals surface area contributed by atoms with Crippen LogP contribution in [0, 0.1) is 28.6 Å². The van der Waals surface area contributed by atoms with Crippen LogP contribution in [0.15, 0.2) is 11.6 Å². The number of alkyl halides is 1. The average molecular weight is 394 g/mol. The number of hydrogen-bond acceptors (Lipinski definition) is 5. The van der Waals surface area contributed by atoms with E-state index in [4.69, 9.17) is 0 Å². The van der Waals surface area contributed by atoms with E-state index in [0.29, 0.717) is 25.7 Å².